The van der Waals surface area contributed by atoms with Gasteiger partial charge in [0.2, 0.25) is 0 Å². The second kappa shape index (κ2) is 9.22. The van der Waals surface area contributed by atoms with Gasteiger partial charge in [-0.05, 0) is 18.1 Å². The first-order valence-electron chi connectivity index (χ1n) is 7.85. The molecule has 0 spiro atoms. The van der Waals surface area contributed by atoms with Crippen molar-refractivity contribution in [1.82, 2.24) is 5.32 Å². The van der Waals surface area contributed by atoms with Crippen LogP contribution in [0.3, 0.4) is 0 Å². The van der Waals surface area contributed by atoms with E-state index >= 15 is 0 Å². The molecule has 2 amide bonds. The Balaban J connectivity index is 2.07. The van der Waals surface area contributed by atoms with Crippen LogP contribution >= 0.6 is 0 Å². The third-order valence-corrected chi connectivity index (χ3v) is 3.36. The lowest BCUT2D eigenvalue weighted by atomic mass is 9.91. The van der Waals surface area contributed by atoms with Gasteiger partial charge >= 0.3 is 12.1 Å². The Kier molecular flexibility index (Phi) is 6.71. The lowest BCUT2D eigenvalue weighted by molar-refractivity contribution is -0.149. The topological polar surface area (TPSA) is 81.7 Å². The van der Waals surface area contributed by atoms with Gasteiger partial charge in [0, 0.05) is 0 Å². The summed E-state index contributed by atoms with van der Waals surface area (Å²) in [5.74, 6) is -1.97. The predicted octanol–water partition coefficient (Wildman–Crippen LogP) is 2.63. The number of carbonyl (C=O) groups excluding carboxylic acids is 3. The first-order chi connectivity index (χ1) is 12.1. The number of rotatable bonds is 6. The number of carbonyl (C=O) groups is 3. The third kappa shape index (κ3) is 5.46. The standard InChI is InChI=1S/C19H19NO5/c1-2-24-19(23)20-16(21)13-25-18(22)17(14-9-5-3-6-10-14)15-11-7-4-8-12-15/h3-12,17H,2,13H2,1H3,(H,20,21,23). The Hall–Kier alpha value is -3.15. The Labute approximate surface area is 145 Å². The van der Waals surface area contributed by atoms with Crippen molar-refractivity contribution < 1.29 is 23.9 Å². The Morgan fingerprint density at radius 1 is 0.880 bits per heavy atom. The quantitative estimate of drug-likeness (QED) is 0.817. The van der Waals surface area contributed by atoms with E-state index in [1.807, 2.05) is 66.0 Å². The Morgan fingerprint density at radius 3 is 1.88 bits per heavy atom. The molecule has 0 radical (unpaired) electrons. The van der Waals surface area contributed by atoms with E-state index in [-0.39, 0.29) is 6.61 Å². The van der Waals surface area contributed by atoms with Gasteiger partial charge < -0.3 is 9.47 Å². The van der Waals surface area contributed by atoms with Gasteiger partial charge in [-0.3, -0.25) is 14.9 Å². The summed E-state index contributed by atoms with van der Waals surface area (Å²) in [6.07, 6.45) is -0.869. The zero-order valence-electron chi connectivity index (χ0n) is 13.8. The number of amides is 2. The van der Waals surface area contributed by atoms with E-state index in [1.54, 1.807) is 6.92 Å². The van der Waals surface area contributed by atoms with Crippen LogP contribution in [0.1, 0.15) is 24.0 Å². The molecule has 25 heavy (non-hydrogen) atoms. The van der Waals surface area contributed by atoms with Gasteiger partial charge in [0.25, 0.3) is 5.91 Å². The van der Waals surface area contributed by atoms with E-state index in [2.05, 4.69) is 4.74 Å². The van der Waals surface area contributed by atoms with E-state index in [0.29, 0.717) is 0 Å². The highest BCUT2D eigenvalue weighted by Gasteiger charge is 2.25. The van der Waals surface area contributed by atoms with Gasteiger partial charge in [-0.2, -0.15) is 0 Å². The largest absolute Gasteiger partial charge is 0.455 e. The summed E-state index contributed by atoms with van der Waals surface area (Å²) in [5, 5.41) is 1.98. The average Bonchev–Trinajstić information content (AvgIpc) is 2.62. The van der Waals surface area contributed by atoms with Crippen LogP contribution in [-0.2, 0) is 19.1 Å². The van der Waals surface area contributed by atoms with Crippen LogP contribution in [0.15, 0.2) is 60.7 Å². The van der Waals surface area contributed by atoms with Crippen molar-refractivity contribution in [3.63, 3.8) is 0 Å². The molecule has 0 fully saturated rings. The minimum Gasteiger partial charge on any atom is -0.455 e. The van der Waals surface area contributed by atoms with Crippen LogP contribution in [0.25, 0.3) is 0 Å². The lowest BCUT2D eigenvalue weighted by Gasteiger charge is -2.16. The zero-order valence-corrected chi connectivity index (χ0v) is 13.8. The molecule has 1 N–H and O–H groups in total. The molecule has 0 atom stereocenters. The Morgan fingerprint density at radius 2 is 1.40 bits per heavy atom. The summed E-state index contributed by atoms with van der Waals surface area (Å²) in [4.78, 5) is 35.4. The second-order valence-corrected chi connectivity index (χ2v) is 5.13. The van der Waals surface area contributed by atoms with Crippen LogP contribution in [0.5, 0.6) is 0 Å². The van der Waals surface area contributed by atoms with Crippen LogP contribution in [0.4, 0.5) is 4.79 Å². The molecule has 0 aliphatic heterocycles. The summed E-state index contributed by atoms with van der Waals surface area (Å²) in [6, 6.07) is 18.3. The number of esters is 1. The highest BCUT2D eigenvalue weighted by atomic mass is 16.6. The van der Waals surface area contributed by atoms with E-state index in [1.165, 1.54) is 0 Å². The lowest BCUT2D eigenvalue weighted by Crippen LogP contribution is -2.35. The molecular weight excluding hydrogens is 322 g/mol. The first-order valence-corrected chi connectivity index (χ1v) is 7.85. The van der Waals surface area contributed by atoms with Gasteiger partial charge in [0.05, 0.1) is 6.61 Å². The fraction of sp³-hybridized carbons (Fsp3) is 0.211. The van der Waals surface area contributed by atoms with Crippen LogP contribution in [0, 0.1) is 0 Å². The summed E-state index contributed by atoms with van der Waals surface area (Å²) in [5.41, 5.74) is 1.51. The van der Waals surface area contributed by atoms with Gasteiger partial charge in [-0.1, -0.05) is 60.7 Å². The number of nitrogens with one attached hydrogen (secondary N) is 1. The minimum atomic E-state index is -0.869. The van der Waals surface area contributed by atoms with Crippen molar-refractivity contribution in [3.8, 4) is 0 Å². The second-order valence-electron chi connectivity index (χ2n) is 5.13. The highest BCUT2D eigenvalue weighted by molar-refractivity contribution is 5.93. The van der Waals surface area contributed by atoms with E-state index in [4.69, 9.17) is 4.74 Å². The van der Waals surface area contributed by atoms with Crippen LogP contribution < -0.4 is 5.32 Å². The van der Waals surface area contributed by atoms with Crippen molar-refractivity contribution >= 4 is 18.0 Å². The van der Waals surface area contributed by atoms with Gasteiger partial charge in [0.1, 0.15) is 5.92 Å². The SMILES string of the molecule is CCOC(=O)NC(=O)COC(=O)C(c1ccccc1)c1ccccc1. The van der Waals surface area contributed by atoms with Crippen molar-refractivity contribution in [1.29, 1.82) is 0 Å². The van der Waals surface area contributed by atoms with E-state index < -0.39 is 30.5 Å². The number of alkyl carbamates (subject to hydrolysis) is 1. The minimum absolute atomic E-state index is 0.142. The maximum absolute atomic E-state index is 12.5. The molecule has 0 saturated heterocycles. The molecule has 2 aromatic carbocycles. The van der Waals surface area contributed by atoms with Gasteiger partial charge in [-0.25, -0.2) is 4.79 Å². The molecule has 0 bridgehead atoms. The molecular formula is C19H19NO5. The van der Waals surface area contributed by atoms with Crippen LogP contribution in [-0.4, -0.2) is 31.2 Å². The molecule has 0 saturated carbocycles. The maximum atomic E-state index is 12.5. The summed E-state index contributed by atoms with van der Waals surface area (Å²) < 4.78 is 9.69. The number of ether oxygens (including phenoxy) is 2. The van der Waals surface area contributed by atoms with E-state index in [0.717, 1.165) is 11.1 Å². The molecule has 2 aromatic rings. The summed E-state index contributed by atoms with van der Waals surface area (Å²) in [6.45, 7) is 1.20. The monoisotopic (exact) mass is 341 g/mol. The molecule has 0 aliphatic rings. The first kappa shape index (κ1) is 18.2. The van der Waals surface area contributed by atoms with E-state index in [9.17, 15) is 14.4 Å². The number of imide groups is 1. The number of benzene rings is 2. The molecule has 0 heterocycles. The highest BCUT2D eigenvalue weighted by Crippen LogP contribution is 2.25. The molecule has 6 heteroatoms. The number of hydrogen-bond acceptors (Lipinski definition) is 5. The number of hydrogen-bond donors (Lipinski definition) is 1. The predicted molar refractivity (Wildman–Crippen MR) is 90.9 cm³/mol. The normalized spacial score (nSPS) is 10.2. The molecule has 0 unspecified atom stereocenters. The fourth-order valence-electron chi connectivity index (χ4n) is 2.29. The fourth-order valence-corrected chi connectivity index (χ4v) is 2.29. The van der Waals surface area contributed by atoms with Gasteiger partial charge in [-0.15, -0.1) is 0 Å². The van der Waals surface area contributed by atoms with Crippen molar-refractivity contribution in [3.05, 3.63) is 71.8 Å². The van der Waals surface area contributed by atoms with Crippen molar-refractivity contribution in [2.24, 2.45) is 0 Å². The third-order valence-electron chi connectivity index (χ3n) is 3.36. The van der Waals surface area contributed by atoms with Crippen molar-refractivity contribution in [2.45, 2.75) is 12.8 Å². The Bertz CT molecular complexity index is 676. The summed E-state index contributed by atoms with van der Waals surface area (Å²) in [7, 11) is 0. The molecule has 130 valence electrons. The molecule has 2 rings (SSSR count). The molecule has 6 nitrogen and oxygen atoms in total. The van der Waals surface area contributed by atoms with Gasteiger partial charge in [0.15, 0.2) is 6.61 Å². The van der Waals surface area contributed by atoms with Crippen LogP contribution in [0.2, 0.25) is 0 Å². The van der Waals surface area contributed by atoms with Crippen molar-refractivity contribution in [2.75, 3.05) is 13.2 Å². The smallest absolute Gasteiger partial charge is 0.413 e. The zero-order chi connectivity index (χ0) is 18.1. The molecule has 0 aliphatic carbocycles. The maximum Gasteiger partial charge on any atom is 0.413 e. The summed E-state index contributed by atoms with van der Waals surface area (Å²) >= 11 is 0. The average molecular weight is 341 g/mol. The molecule has 0 aromatic heterocycles.